The van der Waals surface area contributed by atoms with Gasteiger partial charge in [-0.1, -0.05) is 53.7 Å². The topological polar surface area (TPSA) is 65.5 Å². The zero-order valence-electron chi connectivity index (χ0n) is 20.0. The molecular weight excluding hydrogens is 524 g/mol. The van der Waals surface area contributed by atoms with Crippen LogP contribution in [-0.2, 0) is 4.79 Å². The van der Waals surface area contributed by atoms with Crippen LogP contribution in [0.4, 0.5) is 11.4 Å². The van der Waals surface area contributed by atoms with Crippen LogP contribution in [0.5, 0.6) is 0 Å². The Labute approximate surface area is 229 Å². The Balaban J connectivity index is 1.08. The number of halogens is 1. The fourth-order valence-electron chi connectivity index (χ4n) is 4.09. The first-order chi connectivity index (χ1) is 18.0. The highest BCUT2D eigenvalue weighted by molar-refractivity contribution is 8.01. The van der Waals surface area contributed by atoms with E-state index < -0.39 is 0 Å². The van der Waals surface area contributed by atoms with Gasteiger partial charge in [-0.3, -0.25) is 9.59 Å². The van der Waals surface area contributed by atoms with Gasteiger partial charge in [0.2, 0.25) is 5.91 Å². The number of carbonyl (C=O) groups excluding carboxylic acids is 2. The van der Waals surface area contributed by atoms with Crippen LogP contribution in [0.25, 0.3) is 11.3 Å². The van der Waals surface area contributed by atoms with Crippen molar-refractivity contribution >= 4 is 57.9 Å². The summed E-state index contributed by atoms with van der Waals surface area (Å²) < 4.78 is 0.848. The number of amides is 2. The fraction of sp³-hybridized carbons (Fsp3) is 0.179. The second-order valence-electron chi connectivity index (χ2n) is 8.53. The minimum atomic E-state index is -0.0750. The van der Waals surface area contributed by atoms with Crippen LogP contribution in [0.2, 0.25) is 5.02 Å². The van der Waals surface area contributed by atoms with Gasteiger partial charge in [-0.15, -0.1) is 11.3 Å². The number of piperazine rings is 1. The second kappa shape index (κ2) is 11.8. The SMILES string of the molecule is O=C(CSc1nc(-c2ccc(Cl)cc2)cs1)Nc1ccc(N2CCN(C(=O)c3ccccc3)CC2)cc1. The van der Waals surface area contributed by atoms with E-state index in [1.807, 2.05) is 89.1 Å². The zero-order chi connectivity index (χ0) is 25.6. The highest BCUT2D eigenvalue weighted by atomic mass is 35.5. The molecule has 9 heteroatoms. The van der Waals surface area contributed by atoms with E-state index >= 15 is 0 Å². The van der Waals surface area contributed by atoms with Gasteiger partial charge in [0.1, 0.15) is 0 Å². The number of hydrogen-bond acceptors (Lipinski definition) is 6. The van der Waals surface area contributed by atoms with Crippen LogP contribution >= 0.6 is 34.7 Å². The Bertz CT molecular complexity index is 1350. The van der Waals surface area contributed by atoms with E-state index in [-0.39, 0.29) is 17.6 Å². The van der Waals surface area contributed by atoms with E-state index in [0.29, 0.717) is 18.1 Å². The van der Waals surface area contributed by atoms with E-state index in [0.717, 1.165) is 45.6 Å². The average molecular weight is 549 g/mol. The summed E-state index contributed by atoms with van der Waals surface area (Å²) in [4.78, 5) is 33.9. The number of nitrogens with zero attached hydrogens (tertiary/aromatic N) is 3. The van der Waals surface area contributed by atoms with Crippen molar-refractivity contribution in [1.29, 1.82) is 0 Å². The molecule has 188 valence electrons. The summed E-state index contributed by atoms with van der Waals surface area (Å²) >= 11 is 8.90. The molecule has 1 N–H and O–H groups in total. The highest BCUT2D eigenvalue weighted by Crippen LogP contribution is 2.29. The normalized spacial score (nSPS) is 13.4. The molecule has 37 heavy (non-hydrogen) atoms. The largest absolute Gasteiger partial charge is 0.368 e. The van der Waals surface area contributed by atoms with Crippen molar-refractivity contribution in [2.24, 2.45) is 0 Å². The van der Waals surface area contributed by atoms with Crippen LogP contribution in [0.15, 0.2) is 88.6 Å². The minimum Gasteiger partial charge on any atom is -0.368 e. The monoisotopic (exact) mass is 548 g/mol. The molecule has 2 heterocycles. The third kappa shape index (κ3) is 6.52. The lowest BCUT2D eigenvalue weighted by Crippen LogP contribution is -2.48. The van der Waals surface area contributed by atoms with Crippen molar-refractivity contribution in [3.8, 4) is 11.3 Å². The Kier molecular flexibility index (Phi) is 8.08. The first-order valence-corrected chi connectivity index (χ1v) is 14.1. The van der Waals surface area contributed by atoms with Crippen LogP contribution in [-0.4, -0.2) is 53.6 Å². The Morgan fingerprint density at radius 2 is 1.62 bits per heavy atom. The second-order valence-corrected chi connectivity index (χ2v) is 11.1. The number of rotatable bonds is 7. The van der Waals surface area contributed by atoms with Crippen molar-refractivity contribution in [1.82, 2.24) is 9.88 Å². The number of thioether (sulfide) groups is 1. The third-order valence-electron chi connectivity index (χ3n) is 6.05. The summed E-state index contributed by atoms with van der Waals surface area (Å²) in [6, 6.07) is 24.8. The quantitative estimate of drug-likeness (QED) is 0.280. The molecule has 0 unspecified atom stereocenters. The van der Waals surface area contributed by atoms with Gasteiger partial charge in [0.05, 0.1) is 11.4 Å². The summed E-state index contributed by atoms with van der Waals surface area (Å²) in [6.07, 6.45) is 0. The van der Waals surface area contributed by atoms with Crippen LogP contribution in [0.3, 0.4) is 0 Å². The van der Waals surface area contributed by atoms with Gasteiger partial charge in [-0.25, -0.2) is 4.98 Å². The number of benzene rings is 3. The molecule has 1 aliphatic rings. The van der Waals surface area contributed by atoms with Crippen LogP contribution in [0, 0.1) is 0 Å². The molecule has 1 aromatic heterocycles. The number of aromatic nitrogens is 1. The molecule has 5 rings (SSSR count). The van der Waals surface area contributed by atoms with Gasteiger partial charge in [0, 0.05) is 59.1 Å². The molecule has 6 nitrogen and oxygen atoms in total. The maximum absolute atomic E-state index is 12.7. The van der Waals surface area contributed by atoms with Crippen LogP contribution in [0.1, 0.15) is 10.4 Å². The van der Waals surface area contributed by atoms with E-state index in [1.165, 1.54) is 23.1 Å². The Morgan fingerprint density at radius 1 is 0.919 bits per heavy atom. The van der Waals surface area contributed by atoms with Crippen molar-refractivity contribution < 1.29 is 9.59 Å². The van der Waals surface area contributed by atoms with Gasteiger partial charge in [-0.05, 0) is 48.5 Å². The molecule has 4 aromatic rings. The predicted molar refractivity (Wildman–Crippen MR) is 153 cm³/mol. The molecule has 3 aromatic carbocycles. The lowest BCUT2D eigenvalue weighted by atomic mass is 10.1. The van der Waals surface area contributed by atoms with E-state index in [2.05, 4.69) is 15.2 Å². The summed E-state index contributed by atoms with van der Waals surface area (Å²) in [5, 5.41) is 5.63. The highest BCUT2D eigenvalue weighted by Gasteiger charge is 2.22. The van der Waals surface area contributed by atoms with Crippen LogP contribution < -0.4 is 10.2 Å². The Hall–Kier alpha value is -3.33. The smallest absolute Gasteiger partial charge is 0.253 e. The van der Waals surface area contributed by atoms with Gasteiger partial charge in [0.15, 0.2) is 4.34 Å². The number of anilines is 2. The predicted octanol–water partition coefficient (Wildman–Crippen LogP) is 6.16. The number of nitrogens with one attached hydrogen (secondary N) is 1. The van der Waals surface area contributed by atoms with Gasteiger partial charge < -0.3 is 15.1 Å². The van der Waals surface area contributed by atoms with Crippen molar-refractivity contribution in [3.63, 3.8) is 0 Å². The summed E-state index contributed by atoms with van der Waals surface area (Å²) in [5.74, 6) is 0.288. The maximum atomic E-state index is 12.7. The molecule has 0 atom stereocenters. The first-order valence-electron chi connectivity index (χ1n) is 11.9. The van der Waals surface area contributed by atoms with E-state index in [1.54, 1.807) is 0 Å². The number of thiazole rings is 1. The van der Waals surface area contributed by atoms with Gasteiger partial charge >= 0.3 is 0 Å². The zero-order valence-corrected chi connectivity index (χ0v) is 22.4. The molecule has 1 fully saturated rings. The number of carbonyl (C=O) groups is 2. The molecule has 0 radical (unpaired) electrons. The lowest BCUT2D eigenvalue weighted by molar-refractivity contribution is -0.113. The first kappa shape index (κ1) is 25.3. The van der Waals surface area contributed by atoms with Crippen molar-refractivity contribution in [2.75, 3.05) is 42.1 Å². The molecule has 0 saturated carbocycles. The molecule has 1 aliphatic heterocycles. The minimum absolute atomic E-state index is 0.0750. The maximum Gasteiger partial charge on any atom is 0.253 e. The summed E-state index contributed by atoms with van der Waals surface area (Å²) in [6.45, 7) is 2.90. The van der Waals surface area contributed by atoms with Crippen molar-refractivity contribution in [2.45, 2.75) is 4.34 Å². The summed E-state index contributed by atoms with van der Waals surface area (Å²) in [5.41, 5.74) is 4.45. The molecular formula is C28H25ClN4O2S2. The Morgan fingerprint density at radius 3 is 2.32 bits per heavy atom. The van der Waals surface area contributed by atoms with Gasteiger partial charge in [-0.2, -0.15) is 0 Å². The molecule has 0 aliphatic carbocycles. The molecule has 0 spiro atoms. The average Bonchev–Trinajstić information content (AvgIpc) is 3.42. The number of hydrogen-bond donors (Lipinski definition) is 1. The molecule has 2 amide bonds. The molecule has 0 bridgehead atoms. The van der Waals surface area contributed by atoms with E-state index in [9.17, 15) is 9.59 Å². The third-order valence-corrected chi connectivity index (χ3v) is 8.33. The standard InChI is InChI=1S/C28H25ClN4O2S2/c29-22-8-6-20(7-9-22)25-18-36-28(31-25)37-19-26(34)30-23-10-12-24(13-11-23)32-14-16-33(17-15-32)27(35)21-4-2-1-3-5-21/h1-13,18H,14-17,19H2,(H,30,34). The lowest BCUT2D eigenvalue weighted by Gasteiger charge is -2.36. The molecule has 1 saturated heterocycles. The fourth-order valence-corrected chi connectivity index (χ4v) is 5.85. The van der Waals surface area contributed by atoms with E-state index in [4.69, 9.17) is 11.6 Å². The van der Waals surface area contributed by atoms with Crippen molar-refractivity contribution in [3.05, 3.63) is 94.8 Å². The van der Waals surface area contributed by atoms with Gasteiger partial charge in [0.25, 0.3) is 5.91 Å². The summed E-state index contributed by atoms with van der Waals surface area (Å²) in [7, 11) is 0.